The lowest BCUT2D eigenvalue weighted by molar-refractivity contribution is 0.0696. The van der Waals surface area contributed by atoms with Crippen molar-refractivity contribution in [2.75, 3.05) is 11.9 Å². The lowest BCUT2D eigenvalue weighted by Crippen LogP contribution is -2.29. The Morgan fingerprint density at radius 1 is 1.30 bits per heavy atom. The lowest BCUT2D eigenvalue weighted by Gasteiger charge is -2.10. The molecule has 2 amide bonds. The van der Waals surface area contributed by atoms with Crippen LogP contribution in [0.1, 0.15) is 37.0 Å². The van der Waals surface area contributed by atoms with Gasteiger partial charge in [0.15, 0.2) is 0 Å². The Morgan fingerprint density at radius 3 is 2.55 bits per heavy atom. The largest absolute Gasteiger partial charge is 0.506 e. The predicted molar refractivity (Wildman–Crippen MR) is 76.2 cm³/mol. The number of carboxylic acids is 1. The summed E-state index contributed by atoms with van der Waals surface area (Å²) >= 11 is 0. The van der Waals surface area contributed by atoms with E-state index in [9.17, 15) is 14.7 Å². The molecule has 0 radical (unpaired) electrons. The van der Waals surface area contributed by atoms with Crippen LogP contribution in [-0.2, 0) is 0 Å². The molecular formula is C14H20N2O4. The van der Waals surface area contributed by atoms with Crippen LogP contribution in [0.3, 0.4) is 0 Å². The third kappa shape index (κ3) is 5.17. The minimum atomic E-state index is -1.13. The maximum atomic E-state index is 11.6. The van der Waals surface area contributed by atoms with E-state index in [1.54, 1.807) is 0 Å². The molecule has 20 heavy (non-hydrogen) atoms. The summed E-state index contributed by atoms with van der Waals surface area (Å²) in [4.78, 5) is 22.3. The van der Waals surface area contributed by atoms with Gasteiger partial charge in [-0.25, -0.2) is 9.59 Å². The third-order valence-corrected chi connectivity index (χ3v) is 2.74. The van der Waals surface area contributed by atoms with Gasteiger partial charge in [0.05, 0.1) is 11.3 Å². The van der Waals surface area contributed by atoms with Crippen LogP contribution < -0.4 is 10.6 Å². The number of hydrogen-bond acceptors (Lipinski definition) is 3. The number of anilines is 1. The Morgan fingerprint density at radius 2 is 2.00 bits per heavy atom. The first-order valence-corrected chi connectivity index (χ1v) is 6.51. The first kappa shape index (κ1) is 15.8. The van der Waals surface area contributed by atoms with Crippen molar-refractivity contribution in [3.05, 3.63) is 23.8 Å². The highest BCUT2D eigenvalue weighted by molar-refractivity contribution is 5.93. The number of carboxylic acid groups (broad SMARTS) is 1. The summed E-state index contributed by atoms with van der Waals surface area (Å²) in [5.41, 5.74) is 0.141. The van der Waals surface area contributed by atoms with Crippen molar-refractivity contribution in [1.82, 2.24) is 5.32 Å². The van der Waals surface area contributed by atoms with Gasteiger partial charge in [0, 0.05) is 6.54 Å². The number of aromatic carboxylic acids is 1. The molecule has 6 nitrogen and oxygen atoms in total. The van der Waals surface area contributed by atoms with E-state index in [0.717, 1.165) is 18.9 Å². The maximum absolute atomic E-state index is 11.6. The van der Waals surface area contributed by atoms with E-state index in [0.29, 0.717) is 12.5 Å². The third-order valence-electron chi connectivity index (χ3n) is 2.74. The molecule has 0 aliphatic heterocycles. The standard InChI is InChI=1S/C14H20N2O4/c1-9(2)4-3-7-15-14(20)16-11-6-5-10(13(18)19)8-12(11)17/h5-6,8-9,17H,3-4,7H2,1-2H3,(H,18,19)(H2,15,16,20). The smallest absolute Gasteiger partial charge is 0.335 e. The minimum Gasteiger partial charge on any atom is -0.506 e. The number of rotatable bonds is 6. The molecule has 0 fully saturated rings. The van der Waals surface area contributed by atoms with Crippen molar-refractivity contribution in [3.8, 4) is 5.75 Å². The van der Waals surface area contributed by atoms with E-state index in [4.69, 9.17) is 5.11 Å². The van der Waals surface area contributed by atoms with E-state index in [1.807, 2.05) is 0 Å². The molecule has 0 heterocycles. The van der Waals surface area contributed by atoms with Gasteiger partial charge in [-0.05, 0) is 37.0 Å². The molecular weight excluding hydrogens is 260 g/mol. The van der Waals surface area contributed by atoms with Gasteiger partial charge in [-0.15, -0.1) is 0 Å². The normalized spacial score (nSPS) is 10.3. The number of carbonyl (C=O) groups is 2. The Kier molecular flexibility index (Phi) is 5.83. The highest BCUT2D eigenvalue weighted by Gasteiger charge is 2.09. The average molecular weight is 280 g/mol. The number of amides is 2. The van der Waals surface area contributed by atoms with Gasteiger partial charge in [0.2, 0.25) is 0 Å². The summed E-state index contributed by atoms with van der Waals surface area (Å²) < 4.78 is 0. The quantitative estimate of drug-likeness (QED) is 0.475. The number of phenols is 1. The van der Waals surface area contributed by atoms with Crippen LogP contribution >= 0.6 is 0 Å². The second-order valence-corrected chi connectivity index (χ2v) is 4.95. The van der Waals surface area contributed by atoms with Gasteiger partial charge in [0.25, 0.3) is 0 Å². The zero-order valence-corrected chi connectivity index (χ0v) is 11.6. The predicted octanol–water partition coefficient (Wildman–Crippen LogP) is 2.65. The van der Waals surface area contributed by atoms with Crippen LogP contribution in [0.15, 0.2) is 18.2 Å². The fourth-order valence-electron chi connectivity index (χ4n) is 1.65. The molecule has 1 aromatic carbocycles. The van der Waals surface area contributed by atoms with Crippen molar-refractivity contribution < 1.29 is 19.8 Å². The van der Waals surface area contributed by atoms with Gasteiger partial charge < -0.3 is 20.8 Å². The van der Waals surface area contributed by atoms with Crippen LogP contribution in [0.25, 0.3) is 0 Å². The molecule has 0 bridgehead atoms. The summed E-state index contributed by atoms with van der Waals surface area (Å²) in [5.74, 6) is -0.820. The topological polar surface area (TPSA) is 98.7 Å². The van der Waals surface area contributed by atoms with Gasteiger partial charge in [-0.3, -0.25) is 0 Å². The summed E-state index contributed by atoms with van der Waals surface area (Å²) in [6.45, 7) is 4.78. The fraction of sp³-hybridized carbons (Fsp3) is 0.429. The van der Waals surface area contributed by atoms with Crippen molar-refractivity contribution in [2.45, 2.75) is 26.7 Å². The number of nitrogens with one attached hydrogen (secondary N) is 2. The Hall–Kier alpha value is -2.24. The van der Waals surface area contributed by atoms with Crippen molar-refractivity contribution in [2.24, 2.45) is 5.92 Å². The fourth-order valence-corrected chi connectivity index (χ4v) is 1.65. The van der Waals surface area contributed by atoms with Gasteiger partial charge in [-0.2, -0.15) is 0 Å². The van der Waals surface area contributed by atoms with Gasteiger partial charge in [0.1, 0.15) is 5.75 Å². The first-order chi connectivity index (χ1) is 9.40. The molecule has 0 spiro atoms. The van der Waals surface area contributed by atoms with E-state index in [-0.39, 0.29) is 17.0 Å². The van der Waals surface area contributed by atoms with Crippen molar-refractivity contribution >= 4 is 17.7 Å². The molecule has 0 aliphatic rings. The number of carbonyl (C=O) groups excluding carboxylic acids is 1. The van der Waals surface area contributed by atoms with Crippen LogP contribution in [0.5, 0.6) is 5.75 Å². The van der Waals surface area contributed by atoms with Crippen molar-refractivity contribution in [3.63, 3.8) is 0 Å². The number of hydrogen-bond donors (Lipinski definition) is 4. The van der Waals surface area contributed by atoms with E-state index < -0.39 is 12.0 Å². The Labute approximate surface area is 117 Å². The molecule has 6 heteroatoms. The van der Waals surface area contributed by atoms with Gasteiger partial charge in [-0.1, -0.05) is 13.8 Å². The molecule has 0 saturated heterocycles. The zero-order chi connectivity index (χ0) is 15.1. The SMILES string of the molecule is CC(C)CCCNC(=O)Nc1ccc(C(=O)O)cc1O. The van der Waals surface area contributed by atoms with Crippen LogP contribution in [0, 0.1) is 5.92 Å². The number of urea groups is 1. The average Bonchev–Trinajstić information content (AvgIpc) is 2.36. The number of phenolic OH excluding ortho intramolecular Hbond substituents is 1. The molecule has 0 aromatic heterocycles. The van der Waals surface area contributed by atoms with Crippen molar-refractivity contribution in [1.29, 1.82) is 0 Å². The van der Waals surface area contributed by atoms with E-state index >= 15 is 0 Å². The highest BCUT2D eigenvalue weighted by atomic mass is 16.4. The monoisotopic (exact) mass is 280 g/mol. The molecule has 4 N–H and O–H groups in total. The Bertz CT molecular complexity index is 486. The second-order valence-electron chi connectivity index (χ2n) is 4.95. The molecule has 110 valence electrons. The molecule has 0 saturated carbocycles. The Balaban J connectivity index is 2.48. The van der Waals surface area contributed by atoms with Gasteiger partial charge >= 0.3 is 12.0 Å². The molecule has 1 rings (SSSR count). The summed E-state index contributed by atoms with van der Waals surface area (Å²) in [5, 5.41) is 23.5. The number of benzene rings is 1. The number of aromatic hydroxyl groups is 1. The summed E-state index contributed by atoms with van der Waals surface area (Å²) in [6, 6.07) is 3.34. The van der Waals surface area contributed by atoms with Crippen LogP contribution in [0.4, 0.5) is 10.5 Å². The zero-order valence-electron chi connectivity index (χ0n) is 11.6. The van der Waals surface area contributed by atoms with E-state index in [2.05, 4.69) is 24.5 Å². The molecule has 0 atom stereocenters. The molecule has 0 aliphatic carbocycles. The highest BCUT2D eigenvalue weighted by Crippen LogP contribution is 2.24. The molecule has 1 aromatic rings. The molecule has 0 unspecified atom stereocenters. The van der Waals surface area contributed by atoms with Crippen LogP contribution in [-0.4, -0.2) is 28.8 Å². The first-order valence-electron chi connectivity index (χ1n) is 6.51. The lowest BCUT2D eigenvalue weighted by atomic mass is 10.1. The summed E-state index contributed by atoms with van der Waals surface area (Å²) in [6.07, 6.45) is 1.91. The second kappa shape index (κ2) is 7.37. The minimum absolute atomic E-state index is 0.0367. The summed E-state index contributed by atoms with van der Waals surface area (Å²) in [7, 11) is 0. The maximum Gasteiger partial charge on any atom is 0.335 e. The van der Waals surface area contributed by atoms with E-state index in [1.165, 1.54) is 12.1 Å². The van der Waals surface area contributed by atoms with Crippen LogP contribution in [0.2, 0.25) is 0 Å².